The second-order valence-electron chi connectivity index (χ2n) is 4.52. The first-order valence-corrected chi connectivity index (χ1v) is 5.85. The first-order chi connectivity index (χ1) is 8.56. The van der Waals surface area contributed by atoms with Gasteiger partial charge in [0.2, 0.25) is 0 Å². The number of nitrogens with zero attached hydrogens (tertiary/aromatic N) is 2. The van der Waals surface area contributed by atoms with E-state index in [-0.39, 0.29) is 6.03 Å². The summed E-state index contributed by atoms with van der Waals surface area (Å²) < 4.78 is 5.34. The van der Waals surface area contributed by atoms with E-state index in [1.54, 1.807) is 13.1 Å². The van der Waals surface area contributed by atoms with Crippen molar-refractivity contribution in [1.82, 2.24) is 9.80 Å². The van der Waals surface area contributed by atoms with Gasteiger partial charge in [0.1, 0.15) is 18.3 Å². The Morgan fingerprint density at radius 3 is 2.61 bits per heavy atom. The zero-order chi connectivity index (χ0) is 13.3. The minimum absolute atomic E-state index is 0.283. The third-order valence-corrected chi connectivity index (χ3v) is 3.24. The van der Waals surface area contributed by atoms with Gasteiger partial charge in [0, 0.05) is 20.1 Å². The van der Waals surface area contributed by atoms with Gasteiger partial charge < -0.3 is 25.0 Å². The molecule has 0 aliphatic carbocycles. The van der Waals surface area contributed by atoms with Crippen molar-refractivity contribution < 1.29 is 24.9 Å². The third kappa shape index (κ3) is 2.22. The maximum Gasteiger partial charge on any atom is 0.322 e. The summed E-state index contributed by atoms with van der Waals surface area (Å²) in [5, 5.41) is 28.6. The van der Waals surface area contributed by atoms with Crippen LogP contribution in [0.3, 0.4) is 0 Å². The second-order valence-corrected chi connectivity index (χ2v) is 4.52. The fourth-order valence-electron chi connectivity index (χ4n) is 2.15. The summed E-state index contributed by atoms with van der Waals surface area (Å²) in [5.74, 6) is 0. The Morgan fingerprint density at radius 1 is 1.33 bits per heavy atom. The summed E-state index contributed by atoms with van der Waals surface area (Å²) in [6, 6.07) is -0.283. The lowest BCUT2D eigenvalue weighted by Gasteiger charge is -2.31. The lowest BCUT2D eigenvalue weighted by atomic mass is 10.1. The monoisotopic (exact) mass is 258 g/mol. The van der Waals surface area contributed by atoms with Gasteiger partial charge in [-0.2, -0.15) is 0 Å². The Bertz CT molecular complexity index is 348. The first-order valence-electron chi connectivity index (χ1n) is 5.85. The van der Waals surface area contributed by atoms with Crippen molar-refractivity contribution in [1.29, 1.82) is 0 Å². The molecule has 4 atom stereocenters. The number of amides is 2. The molecule has 7 heteroatoms. The quantitative estimate of drug-likeness (QED) is 0.516. The lowest BCUT2D eigenvalue weighted by molar-refractivity contribution is -0.0787. The number of aliphatic hydroxyl groups is 3. The summed E-state index contributed by atoms with van der Waals surface area (Å²) in [6.07, 6.45) is -0.559. The fraction of sp³-hybridized carbons (Fsp3) is 0.727. The van der Waals surface area contributed by atoms with Crippen molar-refractivity contribution in [2.24, 2.45) is 0 Å². The molecule has 102 valence electrons. The van der Waals surface area contributed by atoms with E-state index in [2.05, 4.69) is 0 Å². The van der Waals surface area contributed by atoms with Gasteiger partial charge in [-0.1, -0.05) is 12.2 Å². The highest BCUT2D eigenvalue weighted by molar-refractivity contribution is 5.75. The highest BCUT2D eigenvalue weighted by atomic mass is 16.6. The average molecular weight is 258 g/mol. The van der Waals surface area contributed by atoms with E-state index in [1.165, 1.54) is 9.80 Å². The number of urea groups is 1. The lowest BCUT2D eigenvalue weighted by Crippen LogP contribution is -2.50. The standard InChI is InChI=1S/C11H18N2O5/c1-12-4-2-3-5-13(11(12)17)10-9(16)8(15)7(6-14)18-10/h2-3,7-10,14-16H,4-6H2,1H3/t7-,8-,9-,10-/m1/s1. The van der Waals surface area contributed by atoms with E-state index in [0.29, 0.717) is 13.1 Å². The number of likely N-dealkylation sites (N-methyl/N-ethyl adjacent to an activating group) is 1. The zero-order valence-corrected chi connectivity index (χ0v) is 10.1. The van der Waals surface area contributed by atoms with Crippen LogP contribution in [0.4, 0.5) is 4.79 Å². The fourth-order valence-corrected chi connectivity index (χ4v) is 2.15. The van der Waals surface area contributed by atoms with Crippen LogP contribution in [0.25, 0.3) is 0 Å². The Hall–Kier alpha value is -1.15. The van der Waals surface area contributed by atoms with Gasteiger partial charge in [-0.3, -0.25) is 4.90 Å². The second kappa shape index (κ2) is 5.23. The van der Waals surface area contributed by atoms with Gasteiger partial charge in [0.25, 0.3) is 0 Å². The van der Waals surface area contributed by atoms with E-state index in [9.17, 15) is 15.0 Å². The molecule has 0 spiro atoms. The van der Waals surface area contributed by atoms with E-state index >= 15 is 0 Å². The van der Waals surface area contributed by atoms with Gasteiger partial charge in [-0.25, -0.2) is 4.79 Å². The van der Waals surface area contributed by atoms with Crippen molar-refractivity contribution in [2.45, 2.75) is 24.5 Å². The van der Waals surface area contributed by atoms with Crippen molar-refractivity contribution in [2.75, 3.05) is 26.7 Å². The molecule has 2 rings (SSSR count). The molecular formula is C11H18N2O5. The summed E-state index contributed by atoms with van der Waals surface area (Å²) in [6.45, 7) is 0.391. The summed E-state index contributed by atoms with van der Waals surface area (Å²) in [7, 11) is 1.65. The van der Waals surface area contributed by atoms with Gasteiger partial charge in [0.05, 0.1) is 6.61 Å². The molecule has 0 unspecified atom stereocenters. The topological polar surface area (TPSA) is 93.5 Å². The van der Waals surface area contributed by atoms with Crippen LogP contribution in [0.15, 0.2) is 12.2 Å². The van der Waals surface area contributed by atoms with Crippen LogP contribution >= 0.6 is 0 Å². The molecule has 18 heavy (non-hydrogen) atoms. The molecule has 0 aromatic carbocycles. The largest absolute Gasteiger partial charge is 0.394 e. The van der Waals surface area contributed by atoms with E-state index in [0.717, 1.165) is 0 Å². The van der Waals surface area contributed by atoms with Gasteiger partial charge in [-0.15, -0.1) is 0 Å². The summed E-state index contributed by atoms with van der Waals surface area (Å²) >= 11 is 0. The Kier molecular flexibility index (Phi) is 3.86. The molecule has 0 aromatic rings. The summed E-state index contributed by atoms with van der Waals surface area (Å²) in [4.78, 5) is 14.9. The van der Waals surface area contributed by atoms with E-state index in [4.69, 9.17) is 9.84 Å². The highest BCUT2D eigenvalue weighted by Crippen LogP contribution is 2.25. The number of rotatable bonds is 2. The van der Waals surface area contributed by atoms with Crippen molar-refractivity contribution in [3.8, 4) is 0 Å². The molecule has 0 bridgehead atoms. The number of carbonyl (C=O) groups is 1. The minimum atomic E-state index is -1.22. The molecular weight excluding hydrogens is 240 g/mol. The van der Waals surface area contributed by atoms with Crippen LogP contribution in [-0.2, 0) is 4.74 Å². The van der Waals surface area contributed by atoms with Crippen molar-refractivity contribution in [3.05, 3.63) is 12.2 Å². The predicted molar refractivity (Wildman–Crippen MR) is 61.6 cm³/mol. The first kappa shape index (κ1) is 13.3. The Morgan fingerprint density at radius 2 is 2.00 bits per heavy atom. The van der Waals surface area contributed by atoms with Gasteiger partial charge in [0.15, 0.2) is 6.23 Å². The van der Waals surface area contributed by atoms with Crippen molar-refractivity contribution in [3.63, 3.8) is 0 Å². The molecule has 2 aliphatic rings. The Labute approximate surface area is 105 Å². The Balaban J connectivity index is 2.15. The van der Waals surface area contributed by atoms with Crippen LogP contribution < -0.4 is 0 Å². The van der Waals surface area contributed by atoms with Crippen LogP contribution in [0.5, 0.6) is 0 Å². The third-order valence-electron chi connectivity index (χ3n) is 3.24. The van der Waals surface area contributed by atoms with E-state index < -0.39 is 31.1 Å². The number of ether oxygens (including phenoxy) is 1. The molecule has 1 saturated heterocycles. The molecule has 0 aromatic heterocycles. The normalized spacial score (nSPS) is 37.2. The summed E-state index contributed by atoms with van der Waals surface area (Å²) in [5.41, 5.74) is 0. The maximum absolute atomic E-state index is 12.1. The van der Waals surface area contributed by atoms with Crippen LogP contribution in [0.2, 0.25) is 0 Å². The van der Waals surface area contributed by atoms with E-state index in [1.807, 2.05) is 6.08 Å². The average Bonchev–Trinajstić information content (AvgIpc) is 2.54. The SMILES string of the molecule is CN1CC=CCN([C@@H]2O[C@H](CO)[C@@H](O)[C@H]2O)C1=O. The molecule has 2 aliphatic heterocycles. The predicted octanol–water partition coefficient (Wildman–Crippen LogP) is -1.65. The smallest absolute Gasteiger partial charge is 0.322 e. The van der Waals surface area contributed by atoms with Crippen LogP contribution in [0.1, 0.15) is 0 Å². The van der Waals surface area contributed by atoms with Crippen LogP contribution in [-0.4, -0.2) is 82.4 Å². The van der Waals surface area contributed by atoms with Gasteiger partial charge in [-0.05, 0) is 0 Å². The zero-order valence-electron chi connectivity index (χ0n) is 10.1. The molecule has 2 heterocycles. The molecule has 2 amide bonds. The number of hydrogen-bond acceptors (Lipinski definition) is 5. The maximum atomic E-state index is 12.1. The van der Waals surface area contributed by atoms with Gasteiger partial charge >= 0.3 is 6.03 Å². The molecule has 7 nitrogen and oxygen atoms in total. The molecule has 3 N–H and O–H groups in total. The number of aliphatic hydroxyl groups excluding tert-OH is 3. The number of hydrogen-bond donors (Lipinski definition) is 3. The van der Waals surface area contributed by atoms with Crippen LogP contribution in [0, 0.1) is 0 Å². The minimum Gasteiger partial charge on any atom is -0.394 e. The highest BCUT2D eigenvalue weighted by Gasteiger charge is 2.46. The molecule has 1 fully saturated rings. The number of carbonyl (C=O) groups excluding carboxylic acids is 1. The molecule has 0 saturated carbocycles. The molecule has 0 radical (unpaired) electrons. The van der Waals surface area contributed by atoms with Crippen molar-refractivity contribution >= 4 is 6.03 Å².